The maximum atomic E-state index is 12.5. The van der Waals surface area contributed by atoms with E-state index >= 15 is 0 Å². The molecule has 0 bridgehead atoms. The number of carbonyl (C=O) groups excluding carboxylic acids is 1. The Morgan fingerprint density at radius 2 is 1.74 bits per heavy atom. The average Bonchev–Trinajstić information content (AvgIpc) is 3.29. The van der Waals surface area contributed by atoms with Gasteiger partial charge in [0.15, 0.2) is 0 Å². The third-order valence-corrected chi connectivity index (χ3v) is 7.65. The zero-order valence-corrected chi connectivity index (χ0v) is 15.0. The van der Waals surface area contributed by atoms with Gasteiger partial charge in [-0.15, -0.1) is 0 Å². The number of likely N-dealkylation sites (tertiary alicyclic amines) is 1. The molecule has 23 heavy (non-hydrogen) atoms. The maximum Gasteiger partial charge on any atom is 0.317 e. The molecule has 1 aliphatic heterocycles. The molecule has 2 amide bonds. The minimum absolute atomic E-state index is 0.0162. The second-order valence-electron chi connectivity index (χ2n) is 7.72. The summed E-state index contributed by atoms with van der Waals surface area (Å²) in [6.45, 7) is 1.24. The van der Waals surface area contributed by atoms with Crippen LogP contribution in [-0.4, -0.2) is 50.0 Å². The number of carbonyl (C=O) groups is 1. The molecule has 1 heterocycles. The fraction of sp³-hybridized carbons (Fsp3) is 0.941. The summed E-state index contributed by atoms with van der Waals surface area (Å²) in [7, 11) is -2.99. The van der Waals surface area contributed by atoms with Gasteiger partial charge in [-0.1, -0.05) is 32.1 Å². The Morgan fingerprint density at radius 1 is 1.00 bits per heavy atom. The summed E-state index contributed by atoms with van der Waals surface area (Å²) >= 11 is 0. The number of hydrogen-bond donors (Lipinski definition) is 1. The van der Waals surface area contributed by atoms with Gasteiger partial charge in [-0.25, -0.2) is 13.2 Å². The molecule has 5 nitrogen and oxygen atoms in total. The van der Waals surface area contributed by atoms with Crippen LogP contribution < -0.4 is 5.32 Å². The summed E-state index contributed by atoms with van der Waals surface area (Å²) in [6, 6.07) is 0.377. The molecule has 3 rings (SSSR count). The normalized spacial score (nSPS) is 33.1. The Hall–Kier alpha value is -0.780. The Balaban J connectivity index is 1.46. The van der Waals surface area contributed by atoms with Crippen LogP contribution in [0.3, 0.4) is 0 Å². The van der Waals surface area contributed by atoms with E-state index < -0.39 is 9.84 Å². The van der Waals surface area contributed by atoms with Gasteiger partial charge in [-0.3, -0.25) is 0 Å². The van der Waals surface area contributed by atoms with Gasteiger partial charge in [0.25, 0.3) is 0 Å². The number of nitrogens with one attached hydrogen (secondary N) is 1. The van der Waals surface area contributed by atoms with E-state index in [0.717, 1.165) is 18.8 Å². The van der Waals surface area contributed by atoms with Gasteiger partial charge in [0.1, 0.15) is 9.84 Å². The summed E-state index contributed by atoms with van der Waals surface area (Å²) in [4.78, 5) is 14.3. The zero-order valence-electron chi connectivity index (χ0n) is 14.2. The lowest BCUT2D eigenvalue weighted by atomic mass is 9.85. The molecule has 1 N–H and O–H groups in total. The second-order valence-corrected chi connectivity index (χ2v) is 10.0. The summed E-state index contributed by atoms with van der Waals surface area (Å²) < 4.78 is 23.4. The first-order valence-corrected chi connectivity index (χ1v) is 11.1. The first kappa shape index (κ1) is 17.1. The van der Waals surface area contributed by atoms with Crippen molar-refractivity contribution in [3.05, 3.63) is 0 Å². The highest BCUT2D eigenvalue weighted by Gasteiger charge is 2.44. The summed E-state index contributed by atoms with van der Waals surface area (Å²) in [6.07, 6.45) is 11.2. The highest BCUT2D eigenvalue weighted by Crippen LogP contribution is 2.44. The molecule has 132 valence electrons. The van der Waals surface area contributed by atoms with Gasteiger partial charge in [-0.05, 0) is 37.5 Å². The Morgan fingerprint density at radius 3 is 2.43 bits per heavy atom. The molecule has 1 saturated heterocycles. The number of amides is 2. The Bertz CT molecular complexity index is 528. The van der Waals surface area contributed by atoms with E-state index in [9.17, 15) is 13.2 Å². The molecule has 3 fully saturated rings. The highest BCUT2D eigenvalue weighted by atomic mass is 32.2. The van der Waals surface area contributed by atoms with Crippen LogP contribution in [0.2, 0.25) is 0 Å². The lowest BCUT2D eigenvalue weighted by molar-refractivity contribution is 0.197. The molecular formula is C17H30N2O3S. The van der Waals surface area contributed by atoms with E-state index in [2.05, 4.69) is 5.32 Å². The fourth-order valence-corrected chi connectivity index (χ4v) is 5.54. The van der Waals surface area contributed by atoms with E-state index in [0.29, 0.717) is 37.9 Å². The van der Waals surface area contributed by atoms with E-state index in [1.54, 1.807) is 0 Å². The van der Waals surface area contributed by atoms with E-state index in [-0.39, 0.29) is 11.3 Å². The molecule has 0 spiro atoms. The SMILES string of the molecule is CS(=O)(=O)C1CCCN(C(=O)N[C@@H]2C[C@H]2C2CCCCC2)CC1. The van der Waals surface area contributed by atoms with E-state index in [4.69, 9.17) is 0 Å². The third kappa shape index (κ3) is 4.40. The van der Waals surface area contributed by atoms with Gasteiger partial charge < -0.3 is 10.2 Å². The minimum Gasteiger partial charge on any atom is -0.335 e. The number of nitrogens with zero attached hydrogens (tertiary/aromatic N) is 1. The molecule has 2 saturated carbocycles. The number of hydrogen-bond acceptors (Lipinski definition) is 3. The molecule has 0 aromatic heterocycles. The standard InChI is InChI=1S/C17H30N2O3S/c1-23(21,22)14-8-5-10-19(11-9-14)17(20)18-16-12-15(16)13-6-3-2-4-7-13/h13-16H,2-12H2,1H3,(H,18,20)/t14?,15-,16+/m0/s1. The summed E-state index contributed by atoms with van der Waals surface area (Å²) in [5.74, 6) is 1.50. The first-order chi connectivity index (χ1) is 10.9. The van der Waals surface area contributed by atoms with Crippen molar-refractivity contribution < 1.29 is 13.2 Å². The molecule has 6 heteroatoms. The number of urea groups is 1. The van der Waals surface area contributed by atoms with Gasteiger partial charge in [0, 0.05) is 25.4 Å². The van der Waals surface area contributed by atoms with Crippen LogP contribution in [0.25, 0.3) is 0 Å². The smallest absolute Gasteiger partial charge is 0.317 e. The van der Waals surface area contributed by atoms with Crippen molar-refractivity contribution in [2.45, 2.75) is 69.1 Å². The predicted molar refractivity (Wildman–Crippen MR) is 91.1 cm³/mol. The van der Waals surface area contributed by atoms with E-state index in [1.807, 2.05) is 4.90 Å². The van der Waals surface area contributed by atoms with Crippen molar-refractivity contribution in [1.82, 2.24) is 10.2 Å². The Labute approximate surface area is 140 Å². The van der Waals surface area contributed by atoms with Crippen molar-refractivity contribution in [3.8, 4) is 0 Å². The summed E-state index contributed by atoms with van der Waals surface area (Å²) in [5.41, 5.74) is 0. The molecular weight excluding hydrogens is 312 g/mol. The molecule has 0 radical (unpaired) electrons. The predicted octanol–water partition coefficient (Wildman–Crippen LogP) is 2.56. The average molecular weight is 343 g/mol. The number of sulfone groups is 1. The van der Waals surface area contributed by atoms with Crippen LogP contribution in [0, 0.1) is 11.8 Å². The monoisotopic (exact) mass is 342 g/mol. The largest absolute Gasteiger partial charge is 0.335 e. The fourth-order valence-electron chi connectivity index (χ4n) is 4.41. The van der Waals surface area contributed by atoms with Crippen molar-refractivity contribution in [3.63, 3.8) is 0 Å². The lowest BCUT2D eigenvalue weighted by Gasteiger charge is -2.23. The maximum absolute atomic E-state index is 12.5. The van der Waals surface area contributed by atoms with Crippen molar-refractivity contribution in [1.29, 1.82) is 0 Å². The minimum atomic E-state index is -2.99. The highest BCUT2D eigenvalue weighted by molar-refractivity contribution is 7.91. The van der Waals surface area contributed by atoms with Crippen LogP contribution in [0.5, 0.6) is 0 Å². The van der Waals surface area contributed by atoms with Gasteiger partial charge >= 0.3 is 6.03 Å². The van der Waals surface area contributed by atoms with Crippen molar-refractivity contribution >= 4 is 15.9 Å². The molecule has 3 atom stereocenters. The lowest BCUT2D eigenvalue weighted by Crippen LogP contribution is -2.42. The zero-order chi connectivity index (χ0) is 16.4. The quantitative estimate of drug-likeness (QED) is 0.857. The van der Waals surface area contributed by atoms with Crippen LogP contribution in [0.15, 0.2) is 0 Å². The Kier molecular flexibility index (Phi) is 5.19. The topological polar surface area (TPSA) is 66.5 Å². The molecule has 3 aliphatic rings. The van der Waals surface area contributed by atoms with E-state index in [1.165, 1.54) is 38.4 Å². The van der Waals surface area contributed by atoms with Crippen molar-refractivity contribution in [2.75, 3.05) is 19.3 Å². The summed E-state index contributed by atoms with van der Waals surface area (Å²) in [5, 5.41) is 2.91. The molecule has 1 unspecified atom stereocenters. The van der Waals surface area contributed by atoms with Crippen LogP contribution >= 0.6 is 0 Å². The van der Waals surface area contributed by atoms with Gasteiger partial charge in [0.2, 0.25) is 0 Å². The van der Waals surface area contributed by atoms with Crippen LogP contribution in [-0.2, 0) is 9.84 Å². The molecule has 0 aromatic carbocycles. The third-order valence-electron chi connectivity index (χ3n) is 5.97. The second kappa shape index (κ2) is 6.99. The number of rotatable bonds is 3. The van der Waals surface area contributed by atoms with Crippen LogP contribution in [0.1, 0.15) is 57.8 Å². The van der Waals surface area contributed by atoms with Crippen LogP contribution in [0.4, 0.5) is 4.79 Å². The van der Waals surface area contributed by atoms with Gasteiger partial charge in [-0.2, -0.15) is 0 Å². The first-order valence-electron chi connectivity index (χ1n) is 9.19. The van der Waals surface area contributed by atoms with Crippen molar-refractivity contribution in [2.24, 2.45) is 11.8 Å². The molecule has 0 aromatic rings. The van der Waals surface area contributed by atoms with Gasteiger partial charge in [0.05, 0.1) is 5.25 Å². The molecule has 2 aliphatic carbocycles.